The molecule has 2 heterocycles. The van der Waals surface area contributed by atoms with Crippen LogP contribution in [0, 0.1) is 6.92 Å². The molecule has 9 nitrogen and oxygen atoms in total. The Morgan fingerprint density at radius 1 is 0.941 bits per heavy atom. The number of aryl methyl sites for hydroxylation is 1. The van der Waals surface area contributed by atoms with Crippen LogP contribution in [0.1, 0.15) is 5.89 Å². The fourth-order valence-electron chi connectivity index (χ4n) is 3.93. The monoisotopic (exact) mass is 477 g/mol. The van der Waals surface area contributed by atoms with Crippen molar-refractivity contribution in [3.8, 4) is 11.4 Å². The minimum Gasteiger partial charge on any atom is -0.339 e. The van der Waals surface area contributed by atoms with Crippen molar-refractivity contribution >= 4 is 32.5 Å². The van der Waals surface area contributed by atoms with E-state index in [0.29, 0.717) is 30.5 Å². The minimum absolute atomic E-state index is 0.235. The zero-order valence-corrected chi connectivity index (χ0v) is 19.3. The largest absolute Gasteiger partial charge is 0.339 e. The molecule has 0 spiro atoms. The maximum Gasteiger partial charge on any atom is 0.321 e. The third kappa shape index (κ3) is 4.37. The van der Waals surface area contributed by atoms with Gasteiger partial charge < -0.3 is 14.7 Å². The number of benzene rings is 3. The van der Waals surface area contributed by atoms with Crippen LogP contribution in [0.15, 0.2) is 76.1 Å². The molecule has 1 fully saturated rings. The van der Waals surface area contributed by atoms with Crippen LogP contribution in [0.3, 0.4) is 0 Å². The van der Waals surface area contributed by atoms with Gasteiger partial charge in [0.1, 0.15) is 0 Å². The summed E-state index contributed by atoms with van der Waals surface area (Å²) in [6.45, 7) is 2.80. The van der Waals surface area contributed by atoms with E-state index in [0.717, 1.165) is 16.3 Å². The molecule has 0 aliphatic carbocycles. The number of amides is 2. The Labute approximate surface area is 197 Å². The fraction of sp³-hybridized carbons (Fsp3) is 0.208. The number of anilines is 1. The Morgan fingerprint density at radius 2 is 1.65 bits per heavy atom. The molecule has 1 N–H and O–H groups in total. The normalized spacial score (nSPS) is 14.9. The van der Waals surface area contributed by atoms with Crippen molar-refractivity contribution in [3.63, 3.8) is 0 Å². The molecule has 1 aliphatic rings. The molecule has 1 saturated heterocycles. The number of nitrogens with zero attached hydrogens (tertiary/aromatic N) is 4. The maximum absolute atomic E-state index is 13.1. The average molecular weight is 478 g/mol. The number of urea groups is 1. The van der Waals surface area contributed by atoms with Crippen molar-refractivity contribution in [1.29, 1.82) is 0 Å². The lowest BCUT2D eigenvalue weighted by Gasteiger charge is -2.34. The molecule has 174 valence electrons. The number of rotatable bonds is 4. The summed E-state index contributed by atoms with van der Waals surface area (Å²) in [5.74, 6) is 0.966. The highest BCUT2D eigenvalue weighted by Gasteiger charge is 2.30. The van der Waals surface area contributed by atoms with Crippen LogP contribution in [0.2, 0.25) is 0 Å². The molecule has 0 unspecified atom stereocenters. The predicted octanol–water partition coefficient (Wildman–Crippen LogP) is 3.74. The summed E-state index contributed by atoms with van der Waals surface area (Å²) < 4.78 is 32.7. The highest BCUT2D eigenvalue weighted by molar-refractivity contribution is 7.89. The topological polar surface area (TPSA) is 109 Å². The lowest BCUT2D eigenvalue weighted by Crippen LogP contribution is -2.51. The van der Waals surface area contributed by atoms with Crippen LogP contribution >= 0.6 is 0 Å². The third-order valence-electron chi connectivity index (χ3n) is 5.81. The van der Waals surface area contributed by atoms with Crippen LogP contribution in [-0.2, 0) is 10.0 Å². The molecule has 5 rings (SSSR count). The van der Waals surface area contributed by atoms with Crippen LogP contribution in [0.25, 0.3) is 22.2 Å². The number of hydrogen-bond acceptors (Lipinski definition) is 6. The van der Waals surface area contributed by atoms with Crippen molar-refractivity contribution < 1.29 is 17.7 Å². The van der Waals surface area contributed by atoms with Gasteiger partial charge >= 0.3 is 6.03 Å². The van der Waals surface area contributed by atoms with Gasteiger partial charge in [-0.05, 0) is 47.2 Å². The fourth-order valence-corrected chi connectivity index (χ4v) is 5.39. The highest BCUT2D eigenvalue weighted by atomic mass is 32.2. The van der Waals surface area contributed by atoms with E-state index >= 15 is 0 Å². The van der Waals surface area contributed by atoms with Crippen molar-refractivity contribution in [3.05, 3.63) is 72.6 Å². The molecule has 2 amide bonds. The van der Waals surface area contributed by atoms with Crippen molar-refractivity contribution in [1.82, 2.24) is 19.3 Å². The zero-order valence-electron chi connectivity index (χ0n) is 18.5. The summed E-state index contributed by atoms with van der Waals surface area (Å²) >= 11 is 0. The molecule has 0 atom stereocenters. The van der Waals surface area contributed by atoms with Crippen molar-refractivity contribution in [2.45, 2.75) is 11.8 Å². The summed E-state index contributed by atoms with van der Waals surface area (Å²) in [6.07, 6.45) is 0. The molecule has 0 bridgehead atoms. The Morgan fingerprint density at radius 3 is 2.32 bits per heavy atom. The highest BCUT2D eigenvalue weighted by Crippen LogP contribution is 2.23. The molecule has 10 heteroatoms. The van der Waals surface area contributed by atoms with E-state index in [2.05, 4.69) is 15.5 Å². The van der Waals surface area contributed by atoms with Gasteiger partial charge in [0.25, 0.3) is 0 Å². The Kier molecular flexibility index (Phi) is 5.76. The van der Waals surface area contributed by atoms with Crippen molar-refractivity contribution in [2.24, 2.45) is 0 Å². The lowest BCUT2D eigenvalue weighted by molar-refractivity contribution is 0.184. The Hall–Kier alpha value is -3.76. The number of hydrogen-bond donors (Lipinski definition) is 1. The van der Waals surface area contributed by atoms with E-state index < -0.39 is 10.0 Å². The summed E-state index contributed by atoms with van der Waals surface area (Å²) in [5, 5.41) is 8.60. The lowest BCUT2D eigenvalue weighted by atomic mass is 10.1. The summed E-state index contributed by atoms with van der Waals surface area (Å²) in [7, 11) is -3.64. The van der Waals surface area contributed by atoms with E-state index in [1.54, 1.807) is 48.2 Å². The van der Waals surface area contributed by atoms with Gasteiger partial charge in [0.05, 0.1) is 4.90 Å². The standard InChI is InChI=1S/C24H23N5O4S/c1-17-25-23(27-33-17)19-6-9-21(10-7-19)26-24(30)28-12-14-29(15-13-28)34(31,32)22-11-8-18-4-2-3-5-20(18)16-22/h2-11,16H,12-15H2,1H3,(H,26,30). The molecule has 0 radical (unpaired) electrons. The second kappa shape index (κ2) is 8.88. The van der Waals surface area contributed by atoms with Gasteiger partial charge in [-0.25, -0.2) is 13.2 Å². The second-order valence-electron chi connectivity index (χ2n) is 8.04. The SMILES string of the molecule is Cc1nc(-c2ccc(NC(=O)N3CCN(S(=O)(=O)c4ccc5ccccc5c4)CC3)cc2)no1. The number of carbonyl (C=O) groups is 1. The summed E-state index contributed by atoms with van der Waals surface area (Å²) in [6, 6.07) is 19.7. The van der Waals surface area contributed by atoms with Gasteiger partial charge in [0, 0.05) is 44.4 Å². The Bertz CT molecular complexity index is 1440. The van der Waals surface area contributed by atoms with Gasteiger partial charge in [0.15, 0.2) is 0 Å². The van der Waals surface area contributed by atoms with Gasteiger partial charge in [-0.1, -0.05) is 35.5 Å². The van der Waals surface area contributed by atoms with Gasteiger partial charge in [-0.15, -0.1) is 0 Å². The van der Waals surface area contributed by atoms with Gasteiger partial charge in [0.2, 0.25) is 21.7 Å². The first-order valence-electron chi connectivity index (χ1n) is 10.9. The van der Waals surface area contributed by atoms with E-state index in [4.69, 9.17) is 4.52 Å². The second-order valence-corrected chi connectivity index (χ2v) is 9.98. The molecule has 34 heavy (non-hydrogen) atoms. The predicted molar refractivity (Wildman–Crippen MR) is 128 cm³/mol. The summed E-state index contributed by atoms with van der Waals surface area (Å²) in [5.41, 5.74) is 1.41. The first-order chi connectivity index (χ1) is 16.4. The smallest absolute Gasteiger partial charge is 0.321 e. The van der Waals surface area contributed by atoms with Gasteiger partial charge in [-0.3, -0.25) is 0 Å². The van der Waals surface area contributed by atoms with E-state index in [-0.39, 0.29) is 24.0 Å². The zero-order chi connectivity index (χ0) is 23.7. The average Bonchev–Trinajstić information content (AvgIpc) is 3.30. The summed E-state index contributed by atoms with van der Waals surface area (Å²) in [4.78, 5) is 18.8. The molecular weight excluding hydrogens is 454 g/mol. The van der Waals surface area contributed by atoms with Crippen molar-refractivity contribution in [2.75, 3.05) is 31.5 Å². The Balaban J connectivity index is 1.21. The van der Waals surface area contributed by atoms with E-state index in [1.807, 2.05) is 30.3 Å². The van der Waals surface area contributed by atoms with Crippen LogP contribution < -0.4 is 5.32 Å². The third-order valence-corrected chi connectivity index (χ3v) is 7.70. The first kappa shape index (κ1) is 22.1. The number of carbonyl (C=O) groups excluding carboxylic acids is 1. The van der Waals surface area contributed by atoms with Crippen LogP contribution in [0.4, 0.5) is 10.5 Å². The van der Waals surface area contributed by atoms with Gasteiger partial charge in [-0.2, -0.15) is 9.29 Å². The quantitative estimate of drug-likeness (QED) is 0.480. The number of nitrogens with one attached hydrogen (secondary N) is 1. The van der Waals surface area contributed by atoms with E-state index in [9.17, 15) is 13.2 Å². The van der Waals surface area contributed by atoms with E-state index in [1.165, 1.54) is 4.31 Å². The minimum atomic E-state index is -3.64. The first-order valence-corrected chi connectivity index (χ1v) is 12.3. The number of aromatic nitrogens is 2. The van der Waals surface area contributed by atoms with Crippen LogP contribution in [0.5, 0.6) is 0 Å². The number of piperazine rings is 1. The molecule has 4 aromatic rings. The molecular formula is C24H23N5O4S. The van der Waals surface area contributed by atoms with Crippen LogP contribution in [-0.4, -0.2) is 60.0 Å². The maximum atomic E-state index is 13.1. The number of fused-ring (bicyclic) bond motifs is 1. The molecule has 1 aromatic heterocycles. The molecule has 0 saturated carbocycles. The molecule has 3 aromatic carbocycles. The number of sulfonamides is 1. The molecule has 1 aliphatic heterocycles.